The summed E-state index contributed by atoms with van der Waals surface area (Å²) in [5.74, 6) is -1.00. The summed E-state index contributed by atoms with van der Waals surface area (Å²) >= 11 is 0. The molecule has 0 aromatic carbocycles. The third-order valence-corrected chi connectivity index (χ3v) is 2.12. The van der Waals surface area contributed by atoms with Crippen molar-refractivity contribution >= 4 is 5.97 Å². The molecule has 0 aliphatic rings. The Bertz CT molecular complexity index is 177. The summed E-state index contributed by atoms with van der Waals surface area (Å²) < 4.78 is 0. The van der Waals surface area contributed by atoms with E-state index in [0.29, 0.717) is 13.1 Å². The summed E-state index contributed by atoms with van der Waals surface area (Å²) in [7, 11) is 0. The smallest absolute Gasteiger partial charge is 0.321 e. The Kier molecular flexibility index (Phi) is 8.21. The predicted molar refractivity (Wildman–Crippen MR) is 59.4 cm³/mol. The van der Waals surface area contributed by atoms with Crippen LogP contribution in [0.25, 0.3) is 0 Å². The number of nitrogens with one attached hydrogen (secondary N) is 1. The second-order valence-electron chi connectivity index (χ2n) is 3.65. The van der Waals surface area contributed by atoms with E-state index in [0.717, 1.165) is 19.3 Å². The zero-order valence-electron chi connectivity index (χ0n) is 8.98. The fraction of sp³-hybridized carbons (Fsp3) is 0.889. The van der Waals surface area contributed by atoms with Crippen LogP contribution in [0.4, 0.5) is 0 Å². The van der Waals surface area contributed by atoms with E-state index >= 15 is 0 Å². The van der Waals surface area contributed by atoms with Gasteiger partial charge in [0.05, 0.1) is 0 Å². The molecule has 1 unspecified atom stereocenters. The number of hydrogen-bond donors (Lipinski definition) is 5. The van der Waals surface area contributed by atoms with Gasteiger partial charge in [-0.25, -0.2) is 0 Å². The lowest BCUT2D eigenvalue weighted by molar-refractivity contribution is -0.138. The third kappa shape index (κ3) is 8.31. The lowest BCUT2D eigenvalue weighted by Gasteiger charge is -2.13. The molecule has 0 amide bonds. The van der Waals surface area contributed by atoms with Gasteiger partial charge in [-0.15, -0.1) is 0 Å². The molecule has 0 aliphatic heterocycles. The number of unbranched alkanes of at least 4 members (excludes halogenated alkanes) is 1. The van der Waals surface area contributed by atoms with Gasteiger partial charge in [-0.1, -0.05) is 6.42 Å². The van der Waals surface area contributed by atoms with E-state index in [-0.39, 0.29) is 12.6 Å². The average Bonchev–Trinajstić information content (AvgIpc) is 2.18. The molecule has 2 atom stereocenters. The molecule has 6 nitrogen and oxygen atoms in total. The van der Waals surface area contributed by atoms with E-state index in [1.165, 1.54) is 0 Å². The van der Waals surface area contributed by atoms with E-state index in [4.69, 9.17) is 22.3 Å². The molecule has 15 heavy (non-hydrogen) atoms. The van der Waals surface area contributed by atoms with Crippen molar-refractivity contribution in [1.82, 2.24) is 5.32 Å². The van der Waals surface area contributed by atoms with Crippen molar-refractivity contribution in [2.75, 3.05) is 19.6 Å². The average molecular weight is 218 g/mol. The highest BCUT2D eigenvalue weighted by Gasteiger charge is 2.10. The topological polar surface area (TPSA) is 127 Å². The van der Waals surface area contributed by atoms with Gasteiger partial charge in [0, 0.05) is 19.1 Å². The van der Waals surface area contributed by atoms with Crippen LogP contribution in [0, 0.1) is 0 Å². The molecule has 0 saturated heterocycles. The Balaban J connectivity index is 3.38. The van der Waals surface area contributed by atoms with Gasteiger partial charge in [0.25, 0.3) is 0 Å². The van der Waals surface area contributed by atoms with Gasteiger partial charge >= 0.3 is 5.97 Å². The fourth-order valence-electron chi connectivity index (χ4n) is 1.16. The minimum atomic E-state index is -1.00. The standard InChI is InChI=1S/C9H22N4O2/c10-4-2-1-3-7(11)5-13-6-8(12)9(14)15/h7-8,13H,1-6,10-12H2,(H,14,15)/t7?,8-/m0/s1. The number of carbonyl (C=O) groups is 1. The number of aliphatic carboxylic acids is 1. The third-order valence-electron chi connectivity index (χ3n) is 2.12. The van der Waals surface area contributed by atoms with Crippen LogP contribution in [0.1, 0.15) is 19.3 Å². The van der Waals surface area contributed by atoms with E-state index < -0.39 is 12.0 Å². The zero-order chi connectivity index (χ0) is 11.7. The maximum atomic E-state index is 10.4. The maximum Gasteiger partial charge on any atom is 0.321 e. The number of carboxylic acids is 1. The Hall–Kier alpha value is -0.690. The molecule has 0 fully saturated rings. The second-order valence-corrected chi connectivity index (χ2v) is 3.65. The minimum Gasteiger partial charge on any atom is -0.480 e. The van der Waals surface area contributed by atoms with Crippen molar-refractivity contribution in [3.8, 4) is 0 Å². The predicted octanol–water partition coefficient (Wildman–Crippen LogP) is -1.56. The Labute approximate surface area is 90.2 Å². The molecular formula is C9H22N4O2. The zero-order valence-corrected chi connectivity index (χ0v) is 8.98. The molecule has 0 radical (unpaired) electrons. The van der Waals surface area contributed by atoms with Crippen molar-refractivity contribution in [1.29, 1.82) is 0 Å². The highest BCUT2D eigenvalue weighted by Crippen LogP contribution is 1.96. The van der Waals surface area contributed by atoms with E-state index in [9.17, 15) is 4.79 Å². The van der Waals surface area contributed by atoms with Crippen molar-refractivity contribution < 1.29 is 9.90 Å². The van der Waals surface area contributed by atoms with E-state index in [1.807, 2.05) is 0 Å². The molecule has 6 heteroatoms. The molecule has 0 aromatic rings. The normalized spacial score (nSPS) is 14.9. The summed E-state index contributed by atoms with van der Waals surface area (Å²) in [4.78, 5) is 10.4. The molecule has 0 spiro atoms. The summed E-state index contributed by atoms with van der Waals surface area (Å²) in [6.45, 7) is 1.52. The summed E-state index contributed by atoms with van der Waals surface area (Å²) in [5, 5.41) is 11.4. The van der Waals surface area contributed by atoms with Gasteiger partial charge in [0.2, 0.25) is 0 Å². The summed E-state index contributed by atoms with van der Waals surface area (Å²) in [5.41, 5.74) is 16.4. The van der Waals surface area contributed by atoms with E-state index in [1.54, 1.807) is 0 Å². The number of rotatable bonds is 9. The van der Waals surface area contributed by atoms with Crippen LogP contribution in [0.2, 0.25) is 0 Å². The van der Waals surface area contributed by atoms with Crippen molar-refractivity contribution in [3.05, 3.63) is 0 Å². The lowest BCUT2D eigenvalue weighted by atomic mass is 10.1. The number of nitrogens with two attached hydrogens (primary N) is 3. The summed E-state index contributed by atoms with van der Waals surface area (Å²) in [6.07, 6.45) is 2.87. The Morgan fingerprint density at radius 2 is 1.93 bits per heavy atom. The van der Waals surface area contributed by atoms with Crippen LogP contribution in [0.5, 0.6) is 0 Å². The summed E-state index contributed by atoms with van der Waals surface area (Å²) in [6, 6.07) is -0.821. The first kappa shape index (κ1) is 14.3. The molecule has 8 N–H and O–H groups in total. The van der Waals surface area contributed by atoms with Crippen LogP contribution in [0.3, 0.4) is 0 Å². The van der Waals surface area contributed by atoms with Crippen LogP contribution < -0.4 is 22.5 Å². The second kappa shape index (κ2) is 8.60. The monoisotopic (exact) mass is 218 g/mol. The highest BCUT2D eigenvalue weighted by molar-refractivity contribution is 5.73. The lowest BCUT2D eigenvalue weighted by Crippen LogP contribution is -2.44. The molecule has 0 bridgehead atoms. The first-order chi connectivity index (χ1) is 7.07. The van der Waals surface area contributed by atoms with Crippen molar-refractivity contribution in [2.45, 2.75) is 31.3 Å². The quantitative estimate of drug-likeness (QED) is 0.298. The SMILES string of the molecule is NCCCCC(N)CNC[C@H](N)C(=O)O. The molecule has 0 aliphatic carbocycles. The first-order valence-corrected chi connectivity index (χ1v) is 5.22. The van der Waals surface area contributed by atoms with Gasteiger partial charge < -0.3 is 27.6 Å². The number of carboxylic acid groups (broad SMARTS) is 1. The van der Waals surface area contributed by atoms with Crippen molar-refractivity contribution in [3.63, 3.8) is 0 Å². The van der Waals surface area contributed by atoms with E-state index in [2.05, 4.69) is 5.32 Å². The molecule has 0 aromatic heterocycles. The number of hydrogen-bond acceptors (Lipinski definition) is 5. The molecule has 0 heterocycles. The maximum absolute atomic E-state index is 10.4. The Morgan fingerprint density at radius 1 is 1.27 bits per heavy atom. The van der Waals surface area contributed by atoms with Crippen LogP contribution in [0.15, 0.2) is 0 Å². The van der Waals surface area contributed by atoms with Gasteiger partial charge in [-0.3, -0.25) is 4.79 Å². The molecule has 0 saturated carbocycles. The fourth-order valence-corrected chi connectivity index (χ4v) is 1.16. The Morgan fingerprint density at radius 3 is 2.47 bits per heavy atom. The minimum absolute atomic E-state index is 0.0394. The van der Waals surface area contributed by atoms with Gasteiger partial charge in [0.1, 0.15) is 6.04 Å². The van der Waals surface area contributed by atoms with Gasteiger partial charge in [-0.2, -0.15) is 0 Å². The molecular weight excluding hydrogens is 196 g/mol. The largest absolute Gasteiger partial charge is 0.480 e. The van der Waals surface area contributed by atoms with Gasteiger partial charge in [0.15, 0.2) is 0 Å². The molecule has 0 rings (SSSR count). The van der Waals surface area contributed by atoms with Crippen LogP contribution in [-0.2, 0) is 4.79 Å². The first-order valence-electron chi connectivity index (χ1n) is 5.22. The van der Waals surface area contributed by atoms with Crippen LogP contribution in [-0.4, -0.2) is 42.8 Å². The van der Waals surface area contributed by atoms with Crippen molar-refractivity contribution in [2.24, 2.45) is 17.2 Å². The highest BCUT2D eigenvalue weighted by atomic mass is 16.4. The van der Waals surface area contributed by atoms with Gasteiger partial charge in [-0.05, 0) is 19.4 Å². The van der Waals surface area contributed by atoms with Crippen LogP contribution >= 0.6 is 0 Å². The molecule has 90 valence electrons.